The summed E-state index contributed by atoms with van der Waals surface area (Å²) in [4.78, 5) is 12.4. The summed E-state index contributed by atoms with van der Waals surface area (Å²) in [6, 6.07) is 9.70. The lowest BCUT2D eigenvalue weighted by Crippen LogP contribution is -2.17. The van der Waals surface area contributed by atoms with Gasteiger partial charge in [-0.15, -0.1) is 0 Å². The maximum absolute atomic E-state index is 11.9. The van der Waals surface area contributed by atoms with E-state index in [1.165, 1.54) is 11.8 Å². The summed E-state index contributed by atoms with van der Waals surface area (Å²) in [6.07, 6.45) is 1.71. The summed E-state index contributed by atoms with van der Waals surface area (Å²) in [7, 11) is 1.54. The fourth-order valence-electron chi connectivity index (χ4n) is 3.07. The van der Waals surface area contributed by atoms with Crippen molar-refractivity contribution < 1.29 is 19.0 Å². The highest BCUT2D eigenvalue weighted by atomic mass is 35.5. The monoisotopic (exact) mass is 477 g/mol. The summed E-state index contributed by atoms with van der Waals surface area (Å²) >= 11 is 12.7. The fraction of sp³-hybridized carbons (Fsp3) is 0.304. The van der Waals surface area contributed by atoms with Gasteiger partial charge in [0, 0.05) is 0 Å². The van der Waals surface area contributed by atoms with Gasteiger partial charge in [0.2, 0.25) is 0 Å². The Labute approximate surface area is 197 Å². The Bertz CT molecular complexity index is 1040. The van der Waals surface area contributed by atoms with E-state index in [1.54, 1.807) is 25.3 Å². The number of thioether (sulfide) groups is 1. The largest absolute Gasteiger partial charge is 0.493 e. The van der Waals surface area contributed by atoms with E-state index in [4.69, 9.17) is 38.0 Å². The Morgan fingerprint density at radius 1 is 1.16 bits per heavy atom. The first-order chi connectivity index (χ1) is 14.8. The number of aryl methyl sites for hydroxylation is 1. The molecule has 0 aromatic heterocycles. The number of halogens is 1. The van der Waals surface area contributed by atoms with Gasteiger partial charge in [0.25, 0.3) is 5.91 Å². The van der Waals surface area contributed by atoms with Crippen molar-refractivity contribution in [3.63, 3.8) is 0 Å². The second-order valence-corrected chi connectivity index (χ2v) is 9.41. The van der Waals surface area contributed by atoms with Gasteiger partial charge in [-0.1, -0.05) is 61.6 Å². The first-order valence-electron chi connectivity index (χ1n) is 9.77. The number of methoxy groups -OCH3 is 1. The maximum Gasteiger partial charge on any atom is 0.263 e. The third-order valence-electron chi connectivity index (χ3n) is 4.57. The molecule has 2 aromatic rings. The highest BCUT2D eigenvalue weighted by molar-refractivity contribution is 8.26. The van der Waals surface area contributed by atoms with Gasteiger partial charge in [-0.05, 0) is 53.8 Å². The molecule has 164 valence electrons. The van der Waals surface area contributed by atoms with Crippen LogP contribution >= 0.6 is 35.6 Å². The van der Waals surface area contributed by atoms with Crippen molar-refractivity contribution in [3.05, 3.63) is 56.9 Å². The van der Waals surface area contributed by atoms with Crippen LogP contribution in [0.15, 0.2) is 35.2 Å². The lowest BCUT2D eigenvalue weighted by Gasteiger charge is -2.16. The molecule has 31 heavy (non-hydrogen) atoms. The van der Waals surface area contributed by atoms with Crippen LogP contribution in [-0.4, -0.2) is 30.6 Å². The van der Waals surface area contributed by atoms with Crippen molar-refractivity contribution in [2.24, 2.45) is 0 Å². The summed E-state index contributed by atoms with van der Waals surface area (Å²) in [5, 5.41) is 2.97. The highest BCUT2D eigenvalue weighted by Gasteiger charge is 2.22. The predicted octanol–water partition coefficient (Wildman–Crippen LogP) is 5.73. The average Bonchev–Trinajstić information content (AvgIpc) is 3.02. The van der Waals surface area contributed by atoms with Gasteiger partial charge in [-0.3, -0.25) is 4.79 Å². The molecule has 8 heteroatoms. The molecule has 1 fully saturated rings. The van der Waals surface area contributed by atoms with Crippen LogP contribution in [0.1, 0.15) is 36.5 Å². The minimum Gasteiger partial charge on any atom is -0.493 e. The zero-order chi connectivity index (χ0) is 22.5. The third-order valence-corrected chi connectivity index (χ3v) is 6.01. The smallest absolute Gasteiger partial charge is 0.263 e. The lowest BCUT2D eigenvalue weighted by atomic mass is 10.0. The minimum absolute atomic E-state index is 0.223. The predicted molar refractivity (Wildman–Crippen MR) is 131 cm³/mol. The number of thiocarbonyl (C=S) groups is 1. The molecule has 1 N–H and O–H groups in total. The lowest BCUT2D eigenvalue weighted by molar-refractivity contribution is -0.115. The normalized spacial score (nSPS) is 14.8. The zero-order valence-electron chi connectivity index (χ0n) is 17.8. The van der Waals surface area contributed by atoms with Crippen molar-refractivity contribution in [1.82, 2.24) is 5.32 Å². The van der Waals surface area contributed by atoms with E-state index >= 15 is 0 Å². The van der Waals surface area contributed by atoms with Crippen molar-refractivity contribution in [3.8, 4) is 17.2 Å². The number of carbonyl (C=O) groups excluding carboxylic acids is 1. The van der Waals surface area contributed by atoms with Gasteiger partial charge >= 0.3 is 0 Å². The number of carbonyl (C=O) groups is 1. The Balaban J connectivity index is 1.69. The van der Waals surface area contributed by atoms with E-state index < -0.39 is 0 Å². The molecule has 1 aliphatic rings. The van der Waals surface area contributed by atoms with Crippen LogP contribution in [0.5, 0.6) is 17.2 Å². The quantitative estimate of drug-likeness (QED) is 0.298. The minimum atomic E-state index is -0.223. The van der Waals surface area contributed by atoms with Gasteiger partial charge < -0.3 is 19.5 Å². The van der Waals surface area contributed by atoms with E-state index in [0.29, 0.717) is 50.4 Å². The van der Waals surface area contributed by atoms with Crippen LogP contribution in [0.3, 0.4) is 0 Å². The number of rotatable bonds is 8. The molecule has 0 radical (unpaired) electrons. The molecule has 5 nitrogen and oxygen atoms in total. The molecule has 1 heterocycles. The van der Waals surface area contributed by atoms with Gasteiger partial charge in [0.05, 0.1) is 17.0 Å². The number of nitrogens with one attached hydrogen (secondary N) is 1. The number of ether oxygens (including phenoxy) is 3. The van der Waals surface area contributed by atoms with Crippen molar-refractivity contribution in [2.45, 2.75) is 26.7 Å². The molecular weight excluding hydrogens is 454 g/mol. The van der Waals surface area contributed by atoms with Crippen LogP contribution in [0.2, 0.25) is 5.02 Å². The zero-order valence-corrected chi connectivity index (χ0v) is 20.2. The van der Waals surface area contributed by atoms with Gasteiger partial charge in [-0.25, -0.2) is 0 Å². The first-order valence-corrected chi connectivity index (χ1v) is 11.4. The summed E-state index contributed by atoms with van der Waals surface area (Å²) in [5.74, 6) is 1.91. The fourth-order valence-corrected chi connectivity index (χ4v) is 4.39. The maximum atomic E-state index is 11.9. The van der Waals surface area contributed by atoms with Gasteiger partial charge in [0.15, 0.2) is 11.5 Å². The highest BCUT2D eigenvalue weighted by Crippen LogP contribution is 2.38. The van der Waals surface area contributed by atoms with Crippen LogP contribution in [-0.2, 0) is 4.79 Å². The Hall–Kier alpha value is -2.22. The van der Waals surface area contributed by atoms with Crippen LogP contribution in [0, 0.1) is 6.92 Å². The molecule has 0 aliphatic carbocycles. The van der Waals surface area contributed by atoms with Crippen molar-refractivity contribution in [1.29, 1.82) is 0 Å². The van der Waals surface area contributed by atoms with E-state index in [2.05, 4.69) is 31.3 Å². The average molecular weight is 478 g/mol. The molecule has 1 aliphatic heterocycles. The second kappa shape index (κ2) is 10.4. The third kappa shape index (κ3) is 5.93. The SMILES string of the molecule is COc1cc(/C=C2\SC(=S)NC2=O)cc(Cl)c1OCCOc1cc(C)ccc1C(C)C. The molecule has 3 rings (SSSR count). The summed E-state index contributed by atoms with van der Waals surface area (Å²) in [5.41, 5.74) is 3.02. The molecule has 0 atom stereocenters. The number of amides is 1. The van der Waals surface area contributed by atoms with E-state index in [-0.39, 0.29) is 5.91 Å². The molecule has 1 saturated heterocycles. The molecule has 2 aromatic carbocycles. The molecule has 0 bridgehead atoms. The Kier molecular flexibility index (Phi) is 7.86. The molecule has 0 unspecified atom stereocenters. The van der Waals surface area contributed by atoms with E-state index in [0.717, 1.165) is 16.9 Å². The number of benzene rings is 2. The molecular formula is C23H24ClNO4S2. The van der Waals surface area contributed by atoms with E-state index in [1.807, 2.05) is 13.0 Å². The van der Waals surface area contributed by atoms with Crippen LogP contribution < -0.4 is 19.5 Å². The Morgan fingerprint density at radius 2 is 1.90 bits per heavy atom. The van der Waals surface area contributed by atoms with Gasteiger partial charge in [0.1, 0.15) is 23.3 Å². The molecule has 0 saturated carbocycles. The van der Waals surface area contributed by atoms with Crippen molar-refractivity contribution >= 4 is 51.9 Å². The number of hydrogen-bond acceptors (Lipinski definition) is 6. The second-order valence-electron chi connectivity index (χ2n) is 7.28. The van der Waals surface area contributed by atoms with Crippen LogP contribution in [0.25, 0.3) is 6.08 Å². The molecule has 0 spiro atoms. The Morgan fingerprint density at radius 3 is 2.55 bits per heavy atom. The van der Waals surface area contributed by atoms with Crippen molar-refractivity contribution in [2.75, 3.05) is 20.3 Å². The van der Waals surface area contributed by atoms with Crippen LogP contribution in [0.4, 0.5) is 0 Å². The van der Waals surface area contributed by atoms with Gasteiger partial charge in [-0.2, -0.15) is 0 Å². The standard InChI is InChI=1S/C23H24ClNO4S2/c1-13(2)16-6-5-14(3)9-18(16)28-7-8-29-21-17(24)10-15(11-19(21)27-4)12-20-22(26)25-23(30)31-20/h5-6,9-13H,7-8H2,1-4H3,(H,25,26,30)/b20-12-. The summed E-state index contributed by atoms with van der Waals surface area (Å²) < 4.78 is 17.7. The topological polar surface area (TPSA) is 56.8 Å². The summed E-state index contributed by atoms with van der Waals surface area (Å²) in [6.45, 7) is 6.97. The molecule has 1 amide bonds. The number of hydrogen-bond donors (Lipinski definition) is 1. The van der Waals surface area contributed by atoms with E-state index in [9.17, 15) is 4.79 Å². The first kappa shape index (κ1) is 23.4.